The zero-order valence-electron chi connectivity index (χ0n) is 10.7. The number of benzene rings is 1. The van der Waals surface area contributed by atoms with E-state index in [1.165, 1.54) is 0 Å². The predicted molar refractivity (Wildman–Crippen MR) is 73.8 cm³/mol. The molecule has 1 aromatic carbocycles. The smallest absolute Gasteiger partial charge is 0.242 e. The Labute approximate surface area is 116 Å². The summed E-state index contributed by atoms with van der Waals surface area (Å²) >= 11 is 0. The third kappa shape index (κ3) is 3.12. The summed E-state index contributed by atoms with van der Waals surface area (Å²) in [5, 5.41) is 0. The highest BCUT2D eigenvalue weighted by molar-refractivity contribution is 7.89. The number of nitrogens with zero attached hydrogens (tertiary/aromatic N) is 1. The second-order valence-corrected chi connectivity index (χ2v) is 6.02. The Morgan fingerprint density at radius 2 is 2.00 bits per heavy atom. The Morgan fingerprint density at radius 1 is 1.30 bits per heavy atom. The molecule has 2 aromatic rings. The molecule has 1 atom stereocenters. The maximum atomic E-state index is 13.0. The number of sulfonamides is 1. The first-order chi connectivity index (χ1) is 9.40. The molecule has 0 aliphatic heterocycles. The lowest BCUT2D eigenvalue weighted by molar-refractivity contribution is 0.563. The van der Waals surface area contributed by atoms with Gasteiger partial charge in [-0.25, -0.2) is 17.5 Å². The zero-order valence-corrected chi connectivity index (χ0v) is 11.6. The van der Waals surface area contributed by atoms with E-state index in [0.29, 0.717) is 11.3 Å². The number of halogens is 1. The van der Waals surface area contributed by atoms with Gasteiger partial charge in [0, 0.05) is 17.9 Å². The number of para-hydroxylation sites is 1. The van der Waals surface area contributed by atoms with E-state index in [2.05, 4.69) is 9.71 Å². The molecule has 0 saturated heterocycles. The van der Waals surface area contributed by atoms with E-state index in [4.69, 9.17) is 5.73 Å². The molecule has 0 saturated carbocycles. The summed E-state index contributed by atoms with van der Waals surface area (Å²) in [6.07, 6.45) is 2.03. The number of hydrogen-bond acceptors (Lipinski definition) is 4. The number of nitrogens with one attached hydrogen (secondary N) is 1. The van der Waals surface area contributed by atoms with Gasteiger partial charge in [-0.2, -0.15) is 0 Å². The van der Waals surface area contributed by atoms with Gasteiger partial charge in [0.1, 0.15) is 10.7 Å². The maximum absolute atomic E-state index is 13.0. The third-order valence-electron chi connectivity index (χ3n) is 2.78. The summed E-state index contributed by atoms with van der Waals surface area (Å²) in [5.41, 5.74) is 6.94. The van der Waals surface area contributed by atoms with E-state index in [0.717, 1.165) is 18.5 Å². The normalized spacial score (nSPS) is 13.1. The summed E-state index contributed by atoms with van der Waals surface area (Å²) in [6, 6.07) is 7.31. The molecule has 0 fully saturated rings. The maximum Gasteiger partial charge on any atom is 0.242 e. The van der Waals surface area contributed by atoms with E-state index >= 15 is 0 Å². The van der Waals surface area contributed by atoms with Crippen LogP contribution >= 0.6 is 0 Å². The first-order valence-corrected chi connectivity index (χ1v) is 7.36. The molecule has 1 heterocycles. The van der Waals surface area contributed by atoms with Crippen molar-refractivity contribution in [3.8, 4) is 0 Å². The molecular formula is C13H14FN3O2S. The number of hydrogen-bond donors (Lipinski definition) is 2. The summed E-state index contributed by atoms with van der Waals surface area (Å²) in [7, 11) is -3.85. The second-order valence-electron chi connectivity index (χ2n) is 4.31. The van der Waals surface area contributed by atoms with Crippen molar-refractivity contribution >= 4 is 15.7 Å². The molecule has 0 aliphatic carbocycles. The first kappa shape index (κ1) is 14.4. The first-order valence-electron chi connectivity index (χ1n) is 5.87. The molecule has 0 bridgehead atoms. The van der Waals surface area contributed by atoms with Crippen LogP contribution in [0.2, 0.25) is 0 Å². The second kappa shape index (κ2) is 5.56. The summed E-state index contributed by atoms with van der Waals surface area (Å²) in [5.74, 6) is -0.709. The summed E-state index contributed by atoms with van der Waals surface area (Å²) < 4.78 is 39.7. The number of rotatable bonds is 4. The molecule has 1 unspecified atom stereocenters. The average Bonchev–Trinajstić information content (AvgIpc) is 2.38. The minimum atomic E-state index is -3.85. The van der Waals surface area contributed by atoms with Gasteiger partial charge in [0.2, 0.25) is 10.0 Å². The SMILES string of the molecule is CC(NS(=O)(=O)c1cncc(F)c1)c1ccccc1N. The largest absolute Gasteiger partial charge is 0.398 e. The Bertz CT molecular complexity index is 719. The molecule has 106 valence electrons. The molecule has 7 heteroatoms. The molecule has 20 heavy (non-hydrogen) atoms. The van der Waals surface area contributed by atoms with Gasteiger partial charge in [0.05, 0.1) is 6.20 Å². The van der Waals surface area contributed by atoms with E-state index in [9.17, 15) is 12.8 Å². The molecule has 3 N–H and O–H groups in total. The zero-order chi connectivity index (χ0) is 14.8. The number of aromatic nitrogens is 1. The van der Waals surface area contributed by atoms with E-state index in [-0.39, 0.29) is 4.90 Å². The fraction of sp³-hybridized carbons (Fsp3) is 0.154. The number of nitrogen functional groups attached to an aromatic ring is 1. The molecule has 5 nitrogen and oxygen atoms in total. The van der Waals surface area contributed by atoms with Crippen LogP contribution in [-0.2, 0) is 10.0 Å². The Kier molecular flexibility index (Phi) is 4.01. The van der Waals surface area contributed by atoms with Crippen LogP contribution in [0, 0.1) is 5.82 Å². The summed E-state index contributed by atoms with van der Waals surface area (Å²) in [4.78, 5) is 3.31. The molecular weight excluding hydrogens is 281 g/mol. The van der Waals surface area contributed by atoms with Crippen molar-refractivity contribution in [2.75, 3.05) is 5.73 Å². The van der Waals surface area contributed by atoms with Gasteiger partial charge < -0.3 is 5.73 Å². The van der Waals surface area contributed by atoms with Crippen molar-refractivity contribution < 1.29 is 12.8 Å². The highest BCUT2D eigenvalue weighted by Crippen LogP contribution is 2.21. The van der Waals surface area contributed by atoms with E-state index < -0.39 is 21.9 Å². The number of pyridine rings is 1. The molecule has 1 aromatic heterocycles. The van der Waals surface area contributed by atoms with E-state index in [1.807, 2.05) is 0 Å². The van der Waals surface area contributed by atoms with Crippen LogP contribution in [0.1, 0.15) is 18.5 Å². The molecule has 0 spiro atoms. The van der Waals surface area contributed by atoms with Crippen molar-refractivity contribution in [3.63, 3.8) is 0 Å². The minimum absolute atomic E-state index is 0.223. The van der Waals surface area contributed by atoms with Gasteiger partial charge in [-0.15, -0.1) is 0 Å². The van der Waals surface area contributed by atoms with Crippen molar-refractivity contribution in [1.82, 2.24) is 9.71 Å². The lowest BCUT2D eigenvalue weighted by Gasteiger charge is -2.16. The van der Waals surface area contributed by atoms with Crippen molar-refractivity contribution in [3.05, 3.63) is 54.1 Å². The van der Waals surface area contributed by atoms with Crippen molar-refractivity contribution in [2.24, 2.45) is 0 Å². The van der Waals surface area contributed by atoms with E-state index in [1.54, 1.807) is 31.2 Å². The van der Waals surface area contributed by atoms with Crippen LogP contribution in [0.4, 0.5) is 10.1 Å². The van der Waals surface area contributed by atoms with Gasteiger partial charge >= 0.3 is 0 Å². The van der Waals surface area contributed by atoms with Gasteiger partial charge in [0.15, 0.2) is 0 Å². The number of anilines is 1. The predicted octanol–water partition coefficient (Wildman–Crippen LogP) is 1.84. The van der Waals surface area contributed by atoms with Crippen LogP contribution < -0.4 is 10.5 Å². The molecule has 0 radical (unpaired) electrons. The van der Waals surface area contributed by atoms with Gasteiger partial charge in [-0.05, 0) is 24.6 Å². The highest BCUT2D eigenvalue weighted by atomic mass is 32.2. The fourth-order valence-electron chi connectivity index (χ4n) is 1.81. The van der Waals surface area contributed by atoms with Gasteiger partial charge in [0.25, 0.3) is 0 Å². The fourth-order valence-corrected chi connectivity index (χ4v) is 3.00. The van der Waals surface area contributed by atoms with Gasteiger partial charge in [-0.3, -0.25) is 4.98 Å². The molecule has 0 amide bonds. The third-order valence-corrected chi connectivity index (χ3v) is 4.29. The highest BCUT2D eigenvalue weighted by Gasteiger charge is 2.20. The minimum Gasteiger partial charge on any atom is -0.398 e. The standard InChI is InChI=1S/C13H14FN3O2S/c1-9(12-4-2-3-5-13(12)15)17-20(18,19)11-6-10(14)7-16-8-11/h2-9,17H,15H2,1H3. The van der Waals surface area contributed by atoms with Crippen LogP contribution in [0.25, 0.3) is 0 Å². The van der Waals surface area contributed by atoms with Crippen LogP contribution in [0.5, 0.6) is 0 Å². The Morgan fingerprint density at radius 3 is 2.65 bits per heavy atom. The number of nitrogens with two attached hydrogens (primary N) is 1. The van der Waals surface area contributed by atoms with Gasteiger partial charge in [-0.1, -0.05) is 18.2 Å². The lowest BCUT2D eigenvalue weighted by atomic mass is 10.1. The monoisotopic (exact) mass is 295 g/mol. The van der Waals surface area contributed by atoms with Crippen molar-refractivity contribution in [1.29, 1.82) is 0 Å². The van der Waals surface area contributed by atoms with Crippen LogP contribution in [0.3, 0.4) is 0 Å². The van der Waals surface area contributed by atoms with Crippen LogP contribution in [-0.4, -0.2) is 13.4 Å². The topological polar surface area (TPSA) is 85.1 Å². The molecule has 0 aliphatic rings. The quantitative estimate of drug-likeness (QED) is 0.843. The summed E-state index contributed by atoms with van der Waals surface area (Å²) in [6.45, 7) is 1.66. The molecule has 2 rings (SSSR count). The van der Waals surface area contributed by atoms with Crippen molar-refractivity contribution in [2.45, 2.75) is 17.9 Å². The average molecular weight is 295 g/mol. The Balaban J connectivity index is 2.27. The van der Waals surface area contributed by atoms with Crippen LogP contribution in [0.15, 0.2) is 47.6 Å². The Hall–Kier alpha value is -1.99. The lowest BCUT2D eigenvalue weighted by Crippen LogP contribution is -2.27.